The van der Waals surface area contributed by atoms with Gasteiger partial charge in [0.2, 0.25) is 0 Å². The lowest BCUT2D eigenvalue weighted by Gasteiger charge is -2.18. The fourth-order valence-corrected chi connectivity index (χ4v) is 2.69. The average molecular weight is 269 g/mol. The molecule has 4 nitrogen and oxygen atoms in total. The lowest BCUT2D eigenvalue weighted by Crippen LogP contribution is -2.14. The fraction of sp³-hybridized carbons (Fsp3) is 0.375. The molecule has 2 heterocycles. The highest BCUT2D eigenvalue weighted by atomic mass is 16.1. The van der Waals surface area contributed by atoms with Crippen molar-refractivity contribution in [1.29, 1.82) is 0 Å². The van der Waals surface area contributed by atoms with Gasteiger partial charge >= 0.3 is 0 Å². The number of rotatable bonds is 4. The number of fused-ring (bicyclic) bond motifs is 1. The van der Waals surface area contributed by atoms with Gasteiger partial charge in [0.15, 0.2) is 5.78 Å². The molecular weight excluding hydrogens is 250 g/mol. The summed E-state index contributed by atoms with van der Waals surface area (Å²) in [5.74, 6) is 0.979. The summed E-state index contributed by atoms with van der Waals surface area (Å²) in [5, 5.41) is 3.36. The standard InChI is InChI=1S/C16H19N3O/c1-2-19-9-8-18-16(19)11-15(20)13-5-6-14-12(10-13)4-3-7-17-14/h5-6,8-10,17H,2-4,7,11H2,1H3. The van der Waals surface area contributed by atoms with Crippen molar-refractivity contribution < 1.29 is 4.79 Å². The highest BCUT2D eigenvalue weighted by Crippen LogP contribution is 2.23. The summed E-state index contributed by atoms with van der Waals surface area (Å²) < 4.78 is 2.01. The van der Waals surface area contributed by atoms with Crippen LogP contribution in [-0.2, 0) is 19.4 Å². The summed E-state index contributed by atoms with van der Waals surface area (Å²) >= 11 is 0. The Morgan fingerprint density at radius 3 is 3.20 bits per heavy atom. The Hall–Kier alpha value is -2.10. The van der Waals surface area contributed by atoms with Gasteiger partial charge in [-0.2, -0.15) is 0 Å². The number of nitrogens with one attached hydrogen (secondary N) is 1. The second-order valence-corrected chi connectivity index (χ2v) is 5.13. The summed E-state index contributed by atoms with van der Waals surface area (Å²) in [4.78, 5) is 16.7. The summed E-state index contributed by atoms with van der Waals surface area (Å²) in [5.41, 5.74) is 3.21. The van der Waals surface area contributed by atoms with Gasteiger partial charge in [0.25, 0.3) is 0 Å². The molecule has 0 unspecified atom stereocenters. The van der Waals surface area contributed by atoms with Gasteiger partial charge in [0, 0.05) is 36.7 Å². The third-order valence-corrected chi connectivity index (χ3v) is 3.83. The van der Waals surface area contributed by atoms with Gasteiger partial charge in [0.05, 0.1) is 6.42 Å². The molecule has 20 heavy (non-hydrogen) atoms. The van der Waals surface area contributed by atoms with Crippen molar-refractivity contribution in [3.8, 4) is 0 Å². The van der Waals surface area contributed by atoms with E-state index >= 15 is 0 Å². The maximum absolute atomic E-state index is 12.4. The molecule has 1 aromatic carbocycles. The molecule has 4 heteroatoms. The molecule has 0 fully saturated rings. The van der Waals surface area contributed by atoms with Crippen LogP contribution in [0.3, 0.4) is 0 Å². The number of nitrogens with zero attached hydrogens (tertiary/aromatic N) is 2. The summed E-state index contributed by atoms with van der Waals surface area (Å²) in [6.07, 6.45) is 6.22. The third-order valence-electron chi connectivity index (χ3n) is 3.83. The van der Waals surface area contributed by atoms with Crippen molar-refractivity contribution in [3.05, 3.63) is 47.5 Å². The molecule has 1 aliphatic rings. The van der Waals surface area contributed by atoms with E-state index in [1.807, 2.05) is 29.0 Å². The molecule has 1 aromatic heterocycles. The van der Waals surface area contributed by atoms with Crippen LogP contribution in [0, 0.1) is 0 Å². The first-order valence-corrected chi connectivity index (χ1v) is 7.18. The molecule has 1 aliphatic heterocycles. The molecular formula is C16H19N3O. The Labute approximate surface area is 118 Å². The predicted octanol–water partition coefficient (Wildman–Crippen LogP) is 2.69. The van der Waals surface area contributed by atoms with E-state index in [4.69, 9.17) is 0 Å². The number of aryl methyl sites for hydroxylation is 2. The zero-order valence-electron chi connectivity index (χ0n) is 11.7. The highest BCUT2D eigenvalue weighted by Gasteiger charge is 2.14. The number of benzene rings is 1. The third kappa shape index (κ3) is 2.46. The first-order chi connectivity index (χ1) is 9.78. The summed E-state index contributed by atoms with van der Waals surface area (Å²) in [7, 11) is 0. The van der Waals surface area contributed by atoms with E-state index in [1.165, 1.54) is 11.3 Å². The Morgan fingerprint density at radius 2 is 2.35 bits per heavy atom. The minimum absolute atomic E-state index is 0.138. The number of carbonyl (C=O) groups excluding carboxylic acids is 1. The molecule has 0 atom stereocenters. The van der Waals surface area contributed by atoms with Crippen molar-refractivity contribution >= 4 is 11.5 Å². The number of carbonyl (C=O) groups is 1. The van der Waals surface area contributed by atoms with Gasteiger partial charge in [-0.05, 0) is 43.5 Å². The van der Waals surface area contributed by atoms with Crippen LogP contribution in [0.15, 0.2) is 30.6 Å². The normalized spacial score (nSPS) is 13.7. The predicted molar refractivity (Wildman–Crippen MR) is 79.2 cm³/mol. The zero-order chi connectivity index (χ0) is 13.9. The van der Waals surface area contributed by atoms with Crippen LogP contribution in [0.5, 0.6) is 0 Å². The first-order valence-electron chi connectivity index (χ1n) is 7.18. The zero-order valence-corrected chi connectivity index (χ0v) is 11.7. The van der Waals surface area contributed by atoms with E-state index in [1.54, 1.807) is 6.20 Å². The minimum Gasteiger partial charge on any atom is -0.385 e. The molecule has 0 radical (unpaired) electrons. The van der Waals surface area contributed by atoms with Crippen LogP contribution >= 0.6 is 0 Å². The van der Waals surface area contributed by atoms with Crippen LogP contribution in [0.2, 0.25) is 0 Å². The number of Topliss-reactive ketones (excluding diaryl/α,β-unsaturated/α-hetero) is 1. The molecule has 0 bridgehead atoms. The molecule has 0 amide bonds. The van der Waals surface area contributed by atoms with Crippen LogP contribution in [0.25, 0.3) is 0 Å². The van der Waals surface area contributed by atoms with Crippen molar-refractivity contribution in [2.75, 3.05) is 11.9 Å². The smallest absolute Gasteiger partial charge is 0.170 e. The maximum atomic E-state index is 12.4. The fourth-order valence-electron chi connectivity index (χ4n) is 2.69. The average Bonchev–Trinajstić information content (AvgIpc) is 2.94. The van der Waals surface area contributed by atoms with Gasteiger partial charge in [-0.25, -0.2) is 4.98 Å². The van der Waals surface area contributed by atoms with Gasteiger partial charge < -0.3 is 9.88 Å². The van der Waals surface area contributed by atoms with E-state index < -0.39 is 0 Å². The number of hydrogen-bond acceptors (Lipinski definition) is 3. The topological polar surface area (TPSA) is 46.9 Å². The van der Waals surface area contributed by atoms with Crippen molar-refractivity contribution in [2.24, 2.45) is 0 Å². The monoisotopic (exact) mass is 269 g/mol. The molecule has 3 rings (SSSR count). The van der Waals surface area contributed by atoms with Gasteiger partial charge in [-0.15, -0.1) is 0 Å². The molecule has 104 valence electrons. The second-order valence-electron chi connectivity index (χ2n) is 5.13. The van der Waals surface area contributed by atoms with Gasteiger partial charge in [-0.1, -0.05) is 0 Å². The number of aromatic nitrogens is 2. The van der Waals surface area contributed by atoms with Gasteiger partial charge in [-0.3, -0.25) is 4.79 Å². The molecule has 2 aromatic rings. The second kappa shape index (κ2) is 5.49. The van der Waals surface area contributed by atoms with Crippen LogP contribution in [0.4, 0.5) is 5.69 Å². The quantitative estimate of drug-likeness (QED) is 0.868. The van der Waals surface area contributed by atoms with E-state index in [2.05, 4.69) is 17.2 Å². The highest BCUT2D eigenvalue weighted by molar-refractivity contribution is 5.97. The molecule has 0 aliphatic carbocycles. The number of hydrogen-bond donors (Lipinski definition) is 1. The Balaban J connectivity index is 1.80. The van der Waals surface area contributed by atoms with Crippen LogP contribution in [0.1, 0.15) is 35.1 Å². The summed E-state index contributed by atoms with van der Waals surface area (Å²) in [6, 6.07) is 5.97. The lowest BCUT2D eigenvalue weighted by molar-refractivity contribution is 0.0989. The maximum Gasteiger partial charge on any atom is 0.170 e. The number of imidazole rings is 1. The number of ketones is 1. The van der Waals surface area contributed by atoms with Crippen molar-refractivity contribution in [2.45, 2.75) is 32.7 Å². The Bertz CT molecular complexity index is 630. The van der Waals surface area contributed by atoms with Crippen LogP contribution < -0.4 is 5.32 Å². The van der Waals surface area contributed by atoms with Gasteiger partial charge in [0.1, 0.15) is 5.82 Å². The molecule has 0 spiro atoms. The molecule has 0 saturated carbocycles. The van der Waals surface area contributed by atoms with Crippen molar-refractivity contribution in [1.82, 2.24) is 9.55 Å². The SMILES string of the molecule is CCn1ccnc1CC(=O)c1ccc2c(c1)CCCN2. The van der Waals surface area contributed by atoms with E-state index in [0.29, 0.717) is 6.42 Å². The molecule has 0 saturated heterocycles. The summed E-state index contributed by atoms with van der Waals surface area (Å²) in [6.45, 7) is 3.92. The minimum atomic E-state index is 0.138. The van der Waals surface area contributed by atoms with E-state index in [9.17, 15) is 4.79 Å². The first kappa shape index (κ1) is 12.9. The van der Waals surface area contributed by atoms with E-state index in [-0.39, 0.29) is 5.78 Å². The largest absolute Gasteiger partial charge is 0.385 e. The van der Waals surface area contributed by atoms with Crippen molar-refractivity contribution in [3.63, 3.8) is 0 Å². The lowest BCUT2D eigenvalue weighted by atomic mass is 9.98. The van der Waals surface area contributed by atoms with Crippen LogP contribution in [-0.4, -0.2) is 21.9 Å². The van der Waals surface area contributed by atoms with E-state index in [0.717, 1.165) is 37.3 Å². The molecule has 1 N–H and O–H groups in total. The number of anilines is 1. The Kier molecular flexibility index (Phi) is 3.54. The Morgan fingerprint density at radius 1 is 1.45 bits per heavy atom.